The third-order valence-electron chi connectivity index (χ3n) is 4.30. The van der Waals surface area contributed by atoms with Crippen molar-refractivity contribution in [3.05, 3.63) is 34.4 Å². The molecule has 0 saturated carbocycles. The summed E-state index contributed by atoms with van der Waals surface area (Å²) in [5, 5.41) is 1.64. The highest BCUT2D eigenvalue weighted by molar-refractivity contribution is 7.99. The van der Waals surface area contributed by atoms with Crippen molar-refractivity contribution in [1.29, 1.82) is 0 Å². The number of halogens is 2. The predicted molar refractivity (Wildman–Crippen MR) is 106 cm³/mol. The van der Waals surface area contributed by atoms with Crippen LogP contribution in [0.3, 0.4) is 0 Å². The molecule has 1 atom stereocenters. The number of nitrogen functional groups attached to an aromatic ring is 1. The highest BCUT2D eigenvalue weighted by Gasteiger charge is 2.24. The quantitative estimate of drug-likeness (QED) is 0.763. The second-order valence-corrected chi connectivity index (χ2v) is 7.92. The zero-order valence-corrected chi connectivity index (χ0v) is 16.1. The van der Waals surface area contributed by atoms with Crippen LogP contribution in [0.2, 0.25) is 10.0 Å². The molecule has 0 amide bonds. The number of nitrogens with two attached hydrogens (primary N) is 2. The summed E-state index contributed by atoms with van der Waals surface area (Å²) in [4.78, 5) is 12.1. The van der Waals surface area contributed by atoms with Crippen LogP contribution in [0.5, 0.6) is 0 Å². The average molecular weight is 398 g/mol. The van der Waals surface area contributed by atoms with Gasteiger partial charge >= 0.3 is 0 Å². The van der Waals surface area contributed by atoms with Crippen LogP contribution in [0, 0.1) is 5.92 Å². The van der Waals surface area contributed by atoms with Crippen molar-refractivity contribution in [3.8, 4) is 0 Å². The third-order valence-corrected chi connectivity index (χ3v) is 6.30. The Hall–Kier alpha value is -1.21. The Morgan fingerprint density at radius 2 is 2.16 bits per heavy atom. The zero-order chi connectivity index (χ0) is 17.8. The number of hydrogen-bond donors (Lipinski definition) is 2. The molecule has 1 saturated heterocycles. The van der Waals surface area contributed by atoms with Crippen LogP contribution in [0.1, 0.15) is 19.3 Å². The summed E-state index contributed by atoms with van der Waals surface area (Å²) in [6.45, 7) is 2.72. The molecule has 0 bridgehead atoms. The molecule has 1 aromatic heterocycles. The first-order valence-corrected chi connectivity index (χ1v) is 9.85. The van der Waals surface area contributed by atoms with Crippen LogP contribution in [0.25, 0.3) is 0 Å². The van der Waals surface area contributed by atoms with Gasteiger partial charge in [0.15, 0.2) is 5.82 Å². The van der Waals surface area contributed by atoms with Gasteiger partial charge in [-0.2, -0.15) is 0 Å². The van der Waals surface area contributed by atoms with E-state index in [9.17, 15) is 0 Å². The Bertz CT molecular complexity index is 743. The van der Waals surface area contributed by atoms with Gasteiger partial charge in [0.1, 0.15) is 10.8 Å². The van der Waals surface area contributed by atoms with Gasteiger partial charge in [0.05, 0.1) is 16.2 Å². The van der Waals surface area contributed by atoms with Gasteiger partial charge in [-0.15, -0.1) is 0 Å². The van der Waals surface area contributed by atoms with Crippen molar-refractivity contribution in [2.24, 2.45) is 11.7 Å². The van der Waals surface area contributed by atoms with Crippen molar-refractivity contribution in [2.45, 2.75) is 29.2 Å². The molecule has 2 aromatic rings. The van der Waals surface area contributed by atoms with E-state index in [1.807, 2.05) is 12.1 Å². The number of aromatic nitrogens is 2. The Morgan fingerprint density at radius 1 is 1.32 bits per heavy atom. The van der Waals surface area contributed by atoms with Gasteiger partial charge in [0, 0.05) is 18.0 Å². The lowest BCUT2D eigenvalue weighted by Gasteiger charge is -2.18. The summed E-state index contributed by atoms with van der Waals surface area (Å²) in [6, 6.07) is 5.48. The Kier molecular flexibility index (Phi) is 6.28. The fourth-order valence-electron chi connectivity index (χ4n) is 2.96. The molecule has 1 aliphatic rings. The lowest BCUT2D eigenvalue weighted by Crippen LogP contribution is -2.21. The summed E-state index contributed by atoms with van der Waals surface area (Å²) in [7, 11) is 0. The number of hydrogen-bond acceptors (Lipinski definition) is 6. The fourth-order valence-corrected chi connectivity index (χ4v) is 4.25. The fraction of sp³-hybridized carbons (Fsp3) is 0.412. The summed E-state index contributed by atoms with van der Waals surface area (Å²) in [5.41, 5.74) is 11.7. The molecule has 5 nitrogen and oxygen atoms in total. The van der Waals surface area contributed by atoms with Crippen molar-refractivity contribution in [2.75, 3.05) is 30.3 Å². The van der Waals surface area contributed by atoms with Crippen molar-refractivity contribution >= 4 is 46.6 Å². The normalized spacial score (nSPS) is 17.2. The standard InChI is InChI=1S/C17H21Cl2N5S/c18-12-4-1-5-13(15(12)19)25-17-16(21)23-14(9-22-17)24-8-6-11(10-24)3-2-7-20/h1,4-5,9,11H,2-3,6-8,10,20H2,(H2,21,23)/t11-/m0/s1. The van der Waals surface area contributed by atoms with E-state index in [2.05, 4.69) is 14.9 Å². The Balaban J connectivity index is 1.70. The molecule has 3 rings (SSSR count). The van der Waals surface area contributed by atoms with E-state index in [1.165, 1.54) is 11.8 Å². The summed E-state index contributed by atoms with van der Waals surface area (Å²) in [5.74, 6) is 1.91. The SMILES string of the molecule is NCCC[C@H]1CCN(c2cnc(Sc3cccc(Cl)c3Cl)c(N)n2)C1. The third kappa shape index (κ3) is 4.50. The van der Waals surface area contributed by atoms with E-state index in [0.29, 0.717) is 26.8 Å². The van der Waals surface area contributed by atoms with Crippen LogP contribution in [-0.4, -0.2) is 29.6 Å². The molecule has 134 valence electrons. The van der Waals surface area contributed by atoms with E-state index < -0.39 is 0 Å². The van der Waals surface area contributed by atoms with E-state index in [1.54, 1.807) is 12.3 Å². The van der Waals surface area contributed by atoms with E-state index in [0.717, 1.165) is 49.6 Å². The number of benzene rings is 1. The first-order valence-electron chi connectivity index (χ1n) is 8.28. The number of rotatable bonds is 6. The van der Waals surface area contributed by atoms with Crippen LogP contribution in [0.15, 0.2) is 34.3 Å². The highest BCUT2D eigenvalue weighted by atomic mass is 35.5. The van der Waals surface area contributed by atoms with Gasteiger partial charge in [0.25, 0.3) is 0 Å². The lowest BCUT2D eigenvalue weighted by molar-refractivity contribution is 0.518. The van der Waals surface area contributed by atoms with E-state index >= 15 is 0 Å². The van der Waals surface area contributed by atoms with Crippen LogP contribution in [0.4, 0.5) is 11.6 Å². The average Bonchev–Trinajstić information content (AvgIpc) is 3.07. The number of anilines is 2. The van der Waals surface area contributed by atoms with Crippen LogP contribution < -0.4 is 16.4 Å². The van der Waals surface area contributed by atoms with Gasteiger partial charge in [-0.3, -0.25) is 0 Å². The summed E-state index contributed by atoms with van der Waals surface area (Å²) < 4.78 is 0. The second-order valence-electron chi connectivity index (χ2n) is 6.10. The molecule has 0 spiro atoms. The molecule has 1 aliphatic heterocycles. The molecule has 1 aromatic carbocycles. The van der Waals surface area contributed by atoms with Crippen molar-refractivity contribution in [1.82, 2.24) is 9.97 Å². The number of nitrogens with zero attached hydrogens (tertiary/aromatic N) is 3. The minimum atomic E-state index is 0.406. The maximum absolute atomic E-state index is 6.23. The molecule has 25 heavy (non-hydrogen) atoms. The Labute approximate surface area is 162 Å². The van der Waals surface area contributed by atoms with Crippen LogP contribution >= 0.6 is 35.0 Å². The Morgan fingerprint density at radius 3 is 2.92 bits per heavy atom. The molecule has 1 fully saturated rings. The van der Waals surface area contributed by atoms with Gasteiger partial charge in [-0.1, -0.05) is 41.0 Å². The minimum absolute atomic E-state index is 0.406. The molecule has 2 heterocycles. The van der Waals surface area contributed by atoms with Gasteiger partial charge < -0.3 is 16.4 Å². The van der Waals surface area contributed by atoms with Gasteiger partial charge in [-0.25, -0.2) is 9.97 Å². The first-order chi connectivity index (χ1) is 12.1. The van der Waals surface area contributed by atoms with Gasteiger partial charge in [-0.05, 0) is 43.9 Å². The van der Waals surface area contributed by atoms with E-state index in [4.69, 9.17) is 34.7 Å². The molecule has 4 N–H and O–H groups in total. The van der Waals surface area contributed by atoms with Gasteiger partial charge in [0.2, 0.25) is 0 Å². The minimum Gasteiger partial charge on any atom is -0.381 e. The zero-order valence-electron chi connectivity index (χ0n) is 13.8. The van der Waals surface area contributed by atoms with Crippen LogP contribution in [-0.2, 0) is 0 Å². The molecule has 0 aliphatic carbocycles. The predicted octanol–water partition coefficient (Wildman–Crippen LogP) is 4.08. The molecular weight excluding hydrogens is 377 g/mol. The summed E-state index contributed by atoms with van der Waals surface area (Å²) >= 11 is 13.7. The smallest absolute Gasteiger partial charge is 0.158 e. The highest BCUT2D eigenvalue weighted by Crippen LogP contribution is 2.38. The summed E-state index contributed by atoms with van der Waals surface area (Å²) in [6.07, 6.45) is 5.18. The van der Waals surface area contributed by atoms with Crippen molar-refractivity contribution in [3.63, 3.8) is 0 Å². The monoisotopic (exact) mass is 397 g/mol. The topological polar surface area (TPSA) is 81.1 Å². The van der Waals surface area contributed by atoms with Crippen molar-refractivity contribution < 1.29 is 0 Å². The largest absolute Gasteiger partial charge is 0.381 e. The molecule has 0 radical (unpaired) electrons. The first kappa shape index (κ1) is 18.6. The van der Waals surface area contributed by atoms with E-state index in [-0.39, 0.29) is 0 Å². The maximum Gasteiger partial charge on any atom is 0.158 e. The molecule has 0 unspecified atom stereocenters. The molecular formula is C17H21Cl2N5S. The second kappa shape index (κ2) is 8.45. The lowest BCUT2D eigenvalue weighted by atomic mass is 10.0. The molecule has 8 heteroatoms. The maximum atomic E-state index is 6.23.